The molecule has 0 bridgehead atoms. The lowest BCUT2D eigenvalue weighted by Crippen LogP contribution is -2.12. The van der Waals surface area contributed by atoms with Crippen LogP contribution in [0.5, 0.6) is 0 Å². The van der Waals surface area contributed by atoms with E-state index in [0.29, 0.717) is 6.54 Å². The summed E-state index contributed by atoms with van der Waals surface area (Å²) in [5.74, 6) is -2.56. The van der Waals surface area contributed by atoms with E-state index in [2.05, 4.69) is 4.74 Å². The van der Waals surface area contributed by atoms with Crippen LogP contribution in [-0.2, 0) is 4.74 Å². The molecule has 0 radical (unpaired) electrons. The Morgan fingerprint density at radius 2 is 2.22 bits per heavy atom. The molecule has 1 aliphatic carbocycles. The summed E-state index contributed by atoms with van der Waals surface area (Å²) in [7, 11) is 0. The second kappa shape index (κ2) is 2.19. The van der Waals surface area contributed by atoms with Crippen LogP contribution in [0, 0.1) is 0 Å². The zero-order valence-electron chi connectivity index (χ0n) is 4.94. The maximum atomic E-state index is 12.0. The van der Waals surface area contributed by atoms with Crippen LogP contribution in [-0.4, -0.2) is 25.2 Å². The van der Waals surface area contributed by atoms with E-state index in [9.17, 15) is 8.78 Å². The van der Waals surface area contributed by atoms with Gasteiger partial charge in [0, 0.05) is 13.0 Å². The molecule has 1 aliphatic rings. The van der Waals surface area contributed by atoms with Crippen molar-refractivity contribution in [1.82, 2.24) is 0 Å². The molecule has 0 aromatic carbocycles. The van der Waals surface area contributed by atoms with Crippen molar-refractivity contribution in [3.05, 3.63) is 0 Å². The SMILES string of the molecule is NCCO[C@@H]1CC1(F)F. The van der Waals surface area contributed by atoms with Crippen molar-refractivity contribution in [1.29, 1.82) is 0 Å². The second-order valence-electron chi connectivity index (χ2n) is 2.11. The Morgan fingerprint density at radius 3 is 2.56 bits per heavy atom. The molecule has 1 rings (SSSR count). The summed E-state index contributed by atoms with van der Waals surface area (Å²) in [5.41, 5.74) is 5.02. The minimum Gasteiger partial charge on any atom is -0.370 e. The predicted molar refractivity (Wildman–Crippen MR) is 28.4 cm³/mol. The summed E-state index contributed by atoms with van der Waals surface area (Å²) < 4.78 is 28.6. The minimum absolute atomic E-state index is 0.132. The van der Waals surface area contributed by atoms with Crippen molar-refractivity contribution in [2.75, 3.05) is 13.2 Å². The maximum absolute atomic E-state index is 12.0. The topological polar surface area (TPSA) is 35.2 Å². The summed E-state index contributed by atoms with van der Waals surface area (Å²) in [4.78, 5) is 0. The van der Waals surface area contributed by atoms with Crippen LogP contribution in [0.15, 0.2) is 0 Å². The van der Waals surface area contributed by atoms with Gasteiger partial charge in [-0.15, -0.1) is 0 Å². The Balaban J connectivity index is 2.06. The highest BCUT2D eigenvalue weighted by Crippen LogP contribution is 2.43. The average Bonchev–Trinajstić information content (AvgIpc) is 2.35. The van der Waals surface area contributed by atoms with E-state index in [1.807, 2.05) is 0 Å². The first-order valence-corrected chi connectivity index (χ1v) is 2.86. The molecule has 2 N–H and O–H groups in total. The molecule has 0 aromatic rings. The van der Waals surface area contributed by atoms with Gasteiger partial charge in [0.15, 0.2) is 0 Å². The monoisotopic (exact) mass is 137 g/mol. The van der Waals surface area contributed by atoms with Crippen molar-refractivity contribution in [3.63, 3.8) is 0 Å². The fraction of sp³-hybridized carbons (Fsp3) is 1.00. The molecule has 1 saturated carbocycles. The third kappa shape index (κ3) is 1.59. The molecule has 0 spiro atoms. The molecule has 54 valence electrons. The first-order chi connectivity index (χ1) is 4.17. The van der Waals surface area contributed by atoms with E-state index >= 15 is 0 Å². The number of hydrogen-bond donors (Lipinski definition) is 1. The highest BCUT2D eigenvalue weighted by Gasteiger charge is 2.58. The third-order valence-electron chi connectivity index (χ3n) is 1.21. The van der Waals surface area contributed by atoms with Crippen LogP contribution >= 0.6 is 0 Å². The molecule has 4 heteroatoms. The minimum atomic E-state index is -2.56. The van der Waals surface area contributed by atoms with Crippen LogP contribution in [0.4, 0.5) is 8.78 Å². The zero-order chi connectivity index (χ0) is 6.91. The Hall–Kier alpha value is -0.220. The van der Waals surface area contributed by atoms with E-state index in [1.165, 1.54) is 0 Å². The standard InChI is InChI=1S/C5H9F2NO/c6-5(7)3-4(5)9-2-1-8/h4H,1-3,8H2/t4-/m1/s1. The smallest absolute Gasteiger partial charge is 0.276 e. The van der Waals surface area contributed by atoms with Crippen LogP contribution in [0.3, 0.4) is 0 Å². The van der Waals surface area contributed by atoms with Gasteiger partial charge in [-0.05, 0) is 0 Å². The van der Waals surface area contributed by atoms with Crippen LogP contribution in [0.1, 0.15) is 6.42 Å². The first kappa shape index (κ1) is 6.89. The van der Waals surface area contributed by atoms with E-state index in [-0.39, 0.29) is 13.0 Å². The molecule has 0 aliphatic heterocycles. The van der Waals surface area contributed by atoms with Gasteiger partial charge in [0.1, 0.15) is 6.10 Å². The fourth-order valence-corrected chi connectivity index (χ4v) is 0.579. The second-order valence-corrected chi connectivity index (χ2v) is 2.11. The molecule has 2 nitrogen and oxygen atoms in total. The van der Waals surface area contributed by atoms with Crippen molar-refractivity contribution >= 4 is 0 Å². The van der Waals surface area contributed by atoms with Crippen molar-refractivity contribution in [3.8, 4) is 0 Å². The van der Waals surface area contributed by atoms with Gasteiger partial charge in [0.05, 0.1) is 6.61 Å². The molecule has 9 heavy (non-hydrogen) atoms. The summed E-state index contributed by atoms with van der Waals surface area (Å²) in [5, 5.41) is 0. The highest BCUT2D eigenvalue weighted by atomic mass is 19.3. The lowest BCUT2D eigenvalue weighted by Gasteiger charge is -1.97. The van der Waals surface area contributed by atoms with E-state index in [1.54, 1.807) is 0 Å². The Kier molecular flexibility index (Phi) is 1.68. The molecule has 1 fully saturated rings. The van der Waals surface area contributed by atoms with Gasteiger partial charge in [-0.1, -0.05) is 0 Å². The van der Waals surface area contributed by atoms with Gasteiger partial charge in [0.2, 0.25) is 0 Å². The van der Waals surface area contributed by atoms with Crippen LogP contribution in [0.25, 0.3) is 0 Å². The Labute approximate surface area is 52.0 Å². The zero-order valence-corrected chi connectivity index (χ0v) is 4.94. The molecular weight excluding hydrogens is 128 g/mol. The van der Waals surface area contributed by atoms with Gasteiger partial charge < -0.3 is 10.5 Å². The van der Waals surface area contributed by atoms with E-state index in [4.69, 9.17) is 5.73 Å². The Morgan fingerprint density at radius 1 is 1.67 bits per heavy atom. The highest BCUT2D eigenvalue weighted by molar-refractivity contribution is 4.96. The van der Waals surface area contributed by atoms with Crippen molar-refractivity contribution < 1.29 is 13.5 Å². The molecule has 0 saturated heterocycles. The molecule has 0 aromatic heterocycles. The normalized spacial score (nSPS) is 30.3. The van der Waals surface area contributed by atoms with Crippen molar-refractivity contribution in [2.45, 2.75) is 18.4 Å². The van der Waals surface area contributed by atoms with E-state index in [0.717, 1.165) is 0 Å². The average molecular weight is 137 g/mol. The van der Waals surface area contributed by atoms with E-state index < -0.39 is 12.0 Å². The third-order valence-corrected chi connectivity index (χ3v) is 1.21. The molecular formula is C5H9F2NO. The predicted octanol–water partition coefficient (Wildman–Crippen LogP) is 0.369. The largest absolute Gasteiger partial charge is 0.370 e. The van der Waals surface area contributed by atoms with Crippen molar-refractivity contribution in [2.24, 2.45) is 5.73 Å². The van der Waals surface area contributed by atoms with Gasteiger partial charge in [-0.3, -0.25) is 0 Å². The van der Waals surface area contributed by atoms with Gasteiger partial charge in [0.25, 0.3) is 5.92 Å². The molecule has 0 heterocycles. The maximum Gasteiger partial charge on any atom is 0.276 e. The Bertz CT molecular complexity index is 107. The molecule has 1 atom stereocenters. The fourth-order valence-electron chi connectivity index (χ4n) is 0.579. The number of nitrogens with two attached hydrogens (primary N) is 1. The lowest BCUT2D eigenvalue weighted by molar-refractivity contribution is 0.0161. The molecule has 0 unspecified atom stereocenters. The number of rotatable bonds is 3. The number of hydrogen-bond acceptors (Lipinski definition) is 2. The summed E-state index contributed by atoms with van der Waals surface area (Å²) in [6, 6.07) is 0. The number of halogens is 2. The van der Waals surface area contributed by atoms with Gasteiger partial charge in [-0.2, -0.15) is 0 Å². The summed E-state index contributed by atoms with van der Waals surface area (Å²) in [6.07, 6.45) is -0.978. The lowest BCUT2D eigenvalue weighted by atomic mass is 10.7. The van der Waals surface area contributed by atoms with Crippen LogP contribution < -0.4 is 5.73 Å². The molecule has 0 amide bonds. The quantitative estimate of drug-likeness (QED) is 0.610. The van der Waals surface area contributed by atoms with Crippen LogP contribution in [0.2, 0.25) is 0 Å². The number of ether oxygens (including phenoxy) is 1. The van der Waals surface area contributed by atoms with Gasteiger partial charge in [-0.25, -0.2) is 8.78 Å². The summed E-state index contributed by atoms with van der Waals surface area (Å²) >= 11 is 0. The van der Waals surface area contributed by atoms with Gasteiger partial charge >= 0.3 is 0 Å². The summed E-state index contributed by atoms with van der Waals surface area (Å²) in [6.45, 7) is 0.548. The first-order valence-electron chi connectivity index (χ1n) is 2.86. The number of alkyl halides is 2.